The molecule has 8 nitrogen and oxygen atoms in total. The first-order valence-corrected chi connectivity index (χ1v) is 12.6. The highest BCUT2D eigenvalue weighted by atomic mass is 79.9. The maximum absolute atomic E-state index is 13.9. The van der Waals surface area contributed by atoms with Gasteiger partial charge in [-0.05, 0) is 39.5 Å². The molecule has 9 heteroatoms. The Morgan fingerprint density at radius 2 is 2.09 bits per heavy atom. The zero-order valence-electron chi connectivity index (χ0n) is 19.5. The molecule has 3 rings (SSSR count). The van der Waals surface area contributed by atoms with E-state index < -0.39 is 35.6 Å². The Balaban J connectivity index is 1.99. The topological polar surface area (TPSA) is 96.4 Å². The SMILES string of the molecule is C=CCCOC(=O)[C@H]1[C@H]2C(=O)N(CCCCO)C(C(=O)N(CC=C)C(C)C)C23CC(Br)[C@@H]1O3. The lowest BCUT2D eigenvalue weighted by atomic mass is 9.70. The average Bonchev–Trinajstić information content (AvgIpc) is 3.35. The lowest BCUT2D eigenvalue weighted by Gasteiger charge is -2.38. The molecule has 3 heterocycles. The third-order valence-corrected chi connectivity index (χ3v) is 7.75. The fourth-order valence-electron chi connectivity index (χ4n) is 5.50. The molecule has 2 bridgehead atoms. The van der Waals surface area contributed by atoms with Crippen molar-refractivity contribution >= 4 is 33.7 Å². The van der Waals surface area contributed by atoms with Crippen LogP contribution in [0.5, 0.6) is 0 Å². The number of fused-ring (bicyclic) bond motifs is 1. The van der Waals surface area contributed by atoms with Gasteiger partial charge in [0.15, 0.2) is 0 Å². The molecular weight excluding hydrogens is 492 g/mol. The molecule has 0 saturated carbocycles. The molecule has 3 saturated heterocycles. The lowest BCUT2D eigenvalue weighted by molar-refractivity contribution is -0.155. The van der Waals surface area contributed by atoms with Gasteiger partial charge >= 0.3 is 5.97 Å². The summed E-state index contributed by atoms with van der Waals surface area (Å²) in [5.74, 6) is -2.47. The van der Waals surface area contributed by atoms with Crippen LogP contribution in [-0.4, -0.2) is 87.6 Å². The number of alkyl halides is 1. The average molecular weight is 527 g/mol. The van der Waals surface area contributed by atoms with Crippen molar-refractivity contribution in [3.8, 4) is 0 Å². The van der Waals surface area contributed by atoms with Crippen molar-refractivity contribution in [2.24, 2.45) is 11.8 Å². The Hall–Kier alpha value is -1.71. The first-order valence-electron chi connectivity index (χ1n) is 11.7. The Labute approximate surface area is 204 Å². The monoisotopic (exact) mass is 526 g/mol. The van der Waals surface area contributed by atoms with E-state index in [0.29, 0.717) is 38.8 Å². The summed E-state index contributed by atoms with van der Waals surface area (Å²) in [7, 11) is 0. The largest absolute Gasteiger partial charge is 0.465 e. The summed E-state index contributed by atoms with van der Waals surface area (Å²) < 4.78 is 11.9. The zero-order valence-corrected chi connectivity index (χ0v) is 21.0. The minimum Gasteiger partial charge on any atom is -0.465 e. The molecule has 2 amide bonds. The van der Waals surface area contributed by atoms with E-state index in [-0.39, 0.29) is 35.9 Å². The van der Waals surface area contributed by atoms with Crippen LogP contribution in [0.1, 0.15) is 39.5 Å². The first kappa shape index (κ1) is 25.9. The number of unbranched alkanes of at least 4 members (excludes halogenated alkanes) is 1. The predicted molar refractivity (Wildman–Crippen MR) is 127 cm³/mol. The molecule has 1 N–H and O–H groups in total. The Kier molecular flexibility index (Phi) is 8.40. The molecule has 3 aliphatic heterocycles. The van der Waals surface area contributed by atoms with Gasteiger partial charge in [0.05, 0.1) is 24.5 Å². The number of amides is 2. The van der Waals surface area contributed by atoms with Crippen molar-refractivity contribution in [3.63, 3.8) is 0 Å². The van der Waals surface area contributed by atoms with Gasteiger partial charge in [-0.3, -0.25) is 14.4 Å². The molecule has 3 aliphatic rings. The van der Waals surface area contributed by atoms with Crippen LogP contribution in [-0.2, 0) is 23.9 Å². The smallest absolute Gasteiger partial charge is 0.312 e. The fraction of sp³-hybridized carbons (Fsp3) is 0.708. The van der Waals surface area contributed by atoms with Gasteiger partial charge in [0.25, 0.3) is 0 Å². The number of carbonyl (C=O) groups is 3. The van der Waals surface area contributed by atoms with Crippen LogP contribution in [0, 0.1) is 11.8 Å². The van der Waals surface area contributed by atoms with E-state index in [4.69, 9.17) is 9.47 Å². The van der Waals surface area contributed by atoms with Crippen molar-refractivity contribution in [1.29, 1.82) is 0 Å². The summed E-state index contributed by atoms with van der Waals surface area (Å²) in [6, 6.07) is -0.939. The van der Waals surface area contributed by atoms with Gasteiger partial charge in [-0.25, -0.2) is 0 Å². The number of aliphatic hydroxyl groups excluding tert-OH is 1. The fourth-order valence-corrected chi connectivity index (χ4v) is 6.45. The summed E-state index contributed by atoms with van der Waals surface area (Å²) in [6.07, 6.45) is 4.84. The van der Waals surface area contributed by atoms with Crippen LogP contribution >= 0.6 is 15.9 Å². The maximum Gasteiger partial charge on any atom is 0.312 e. The number of aliphatic hydroxyl groups is 1. The van der Waals surface area contributed by atoms with E-state index in [2.05, 4.69) is 29.1 Å². The molecule has 0 aromatic rings. The lowest BCUT2D eigenvalue weighted by Crippen LogP contribution is -2.58. The molecule has 33 heavy (non-hydrogen) atoms. The summed E-state index contributed by atoms with van der Waals surface area (Å²) in [5.41, 5.74) is -1.09. The van der Waals surface area contributed by atoms with Gasteiger partial charge < -0.3 is 24.4 Å². The van der Waals surface area contributed by atoms with Gasteiger partial charge in [-0.2, -0.15) is 0 Å². The molecule has 184 valence electrons. The van der Waals surface area contributed by atoms with Gasteiger partial charge in [-0.1, -0.05) is 28.1 Å². The van der Waals surface area contributed by atoms with Crippen molar-refractivity contribution in [2.75, 3.05) is 26.3 Å². The molecule has 3 fully saturated rings. The molecule has 3 unspecified atom stereocenters. The number of rotatable bonds is 12. The molecule has 1 spiro atoms. The van der Waals surface area contributed by atoms with Crippen molar-refractivity contribution in [2.45, 2.75) is 68.1 Å². The second-order valence-corrected chi connectivity index (χ2v) is 10.4. The molecule has 0 aromatic carbocycles. The Morgan fingerprint density at radius 3 is 2.70 bits per heavy atom. The number of nitrogens with zero attached hydrogens (tertiary/aromatic N) is 2. The number of halogens is 1. The van der Waals surface area contributed by atoms with Crippen LogP contribution in [0.25, 0.3) is 0 Å². The van der Waals surface area contributed by atoms with Gasteiger partial charge in [-0.15, -0.1) is 13.2 Å². The zero-order chi connectivity index (χ0) is 24.3. The number of likely N-dealkylation sites (tertiary alicyclic amines) is 1. The molecule has 0 radical (unpaired) electrons. The van der Waals surface area contributed by atoms with Gasteiger partial charge in [0.2, 0.25) is 11.8 Å². The highest BCUT2D eigenvalue weighted by Crippen LogP contribution is 2.60. The first-order chi connectivity index (χ1) is 15.7. The van der Waals surface area contributed by atoms with Crippen molar-refractivity contribution in [3.05, 3.63) is 25.3 Å². The standard InChI is InChI=1S/C24H35BrN2O6/c1-5-7-13-32-23(31)17-18-21(29)27(11-8-9-12-28)20(22(30)26(10-6-2)15(3)4)24(18)14-16(25)19(17)33-24/h5-6,15-20,28H,1-2,7-14H2,3-4H3/t16?,17-,18-,19-,20?,24?/m0/s1. The quantitative estimate of drug-likeness (QED) is 0.181. The van der Waals surface area contributed by atoms with E-state index >= 15 is 0 Å². The van der Waals surface area contributed by atoms with E-state index in [9.17, 15) is 19.5 Å². The second kappa shape index (κ2) is 10.7. The van der Waals surface area contributed by atoms with Crippen LogP contribution < -0.4 is 0 Å². The van der Waals surface area contributed by atoms with Crippen LogP contribution in [0.3, 0.4) is 0 Å². The minimum absolute atomic E-state index is 0.00407. The number of hydrogen-bond donors (Lipinski definition) is 1. The number of hydrogen-bond acceptors (Lipinski definition) is 6. The number of esters is 1. The minimum atomic E-state index is -1.09. The van der Waals surface area contributed by atoms with Crippen LogP contribution in [0.4, 0.5) is 0 Å². The Morgan fingerprint density at radius 1 is 1.36 bits per heavy atom. The summed E-state index contributed by atoms with van der Waals surface area (Å²) in [5, 5.41) is 9.24. The highest BCUT2D eigenvalue weighted by molar-refractivity contribution is 9.09. The van der Waals surface area contributed by atoms with Crippen molar-refractivity contribution < 1.29 is 29.0 Å². The predicted octanol–water partition coefficient (Wildman–Crippen LogP) is 2.05. The summed E-state index contributed by atoms with van der Waals surface area (Å²) in [4.78, 5) is 43.8. The molecule has 0 aliphatic carbocycles. The third-order valence-electron chi connectivity index (χ3n) is 6.90. The number of ether oxygens (including phenoxy) is 2. The summed E-state index contributed by atoms with van der Waals surface area (Å²) in [6.45, 7) is 12.1. The number of carbonyl (C=O) groups excluding carboxylic acids is 3. The van der Waals surface area contributed by atoms with Crippen LogP contribution in [0.2, 0.25) is 0 Å². The van der Waals surface area contributed by atoms with E-state index in [0.717, 1.165) is 0 Å². The third kappa shape index (κ3) is 4.51. The normalized spacial score (nSPS) is 32.2. The summed E-state index contributed by atoms with van der Waals surface area (Å²) >= 11 is 3.64. The van der Waals surface area contributed by atoms with E-state index in [1.165, 1.54) is 0 Å². The van der Waals surface area contributed by atoms with Gasteiger partial charge in [0, 0.05) is 30.6 Å². The van der Waals surface area contributed by atoms with Gasteiger partial charge in [0.1, 0.15) is 11.6 Å². The van der Waals surface area contributed by atoms with E-state index in [1.807, 2.05) is 13.8 Å². The van der Waals surface area contributed by atoms with E-state index in [1.54, 1.807) is 22.0 Å². The molecular formula is C24H35BrN2O6. The van der Waals surface area contributed by atoms with Crippen molar-refractivity contribution in [1.82, 2.24) is 9.80 Å². The highest BCUT2D eigenvalue weighted by Gasteiger charge is 2.77. The molecule has 6 atom stereocenters. The van der Waals surface area contributed by atoms with Crippen LogP contribution in [0.15, 0.2) is 25.3 Å². The maximum atomic E-state index is 13.9. The molecule has 0 aromatic heterocycles. The second-order valence-electron chi connectivity index (χ2n) is 9.24. The Bertz CT molecular complexity index is 789.